The fourth-order valence-corrected chi connectivity index (χ4v) is 5.10. The number of nitrogens with zero attached hydrogens (tertiary/aromatic N) is 3. The highest BCUT2D eigenvalue weighted by atomic mass is 35.5. The SMILES string of the molecule is CN1CC(=O)N(c2ccccc2C2CN(C3CC3)Cc3c(Cl)cc(Cl)cc32)C1=O.Cl. The Hall–Kier alpha value is -1.79. The highest BCUT2D eigenvalue weighted by Crippen LogP contribution is 2.44. The number of likely N-dealkylation sites (N-methyl/N-ethyl adjacent to an activating group) is 1. The van der Waals surface area contributed by atoms with E-state index in [4.69, 9.17) is 23.2 Å². The lowest BCUT2D eigenvalue weighted by molar-refractivity contribution is -0.116. The van der Waals surface area contributed by atoms with Crippen LogP contribution >= 0.6 is 35.6 Å². The lowest BCUT2D eigenvalue weighted by atomic mass is 9.83. The molecule has 0 N–H and O–H groups in total. The van der Waals surface area contributed by atoms with Crippen LogP contribution < -0.4 is 4.90 Å². The van der Waals surface area contributed by atoms with Gasteiger partial charge in [0.15, 0.2) is 0 Å². The van der Waals surface area contributed by atoms with Crippen molar-refractivity contribution in [1.29, 1.82) is 0 Å². The molecule has 0 spiro atoms. The quantitative estimate of drug-likeness (QED) is 0.603. The lowest BCUT2D eigenvalue weighted by Crippen LogP contribution is -2.37. The molecule has 1 atom stereocenters. The highest BCUT2D eigenvalue weighted by Gasteiger charge is 2.40. The molecule has 2 fully saturated rings. The van der Waals surface area contributed by atoms with Crippen molar-refractivity contribution >= 4 is 53.2 Å². The summed E-state index contributed by atoms with van der Waals surface area (Å²) in [4.78, 5) is 30.5. The number of fused-ring (bicyclic) bond motifs is 1. The topological polar surface area (TPSA) is 43.9 Å². The Labute approximate surface area is 191 Å². The van der Waals surface area contributed by atoms with Gasteiger partial charge in [-0.15, -0.1) is 12.4 Å². The Morgan fingerprint density at radius 2 is 1.73 bits per heavy atom. The normalized spacial score (nSPS) is 21.6. The average molecular weight is 467 g/mol. The molecular weight excluding hydrogens is 445 g/mol. The van der Waals surface area contributed by atoms with Crippen molar-refractivity contribution in [2.24, 2.45) is 0 Å². The van der Waals surface area contributed by atoms with Gasteiger partial charge < -0.3 is 4.90 Å². The van der Waals surface area contributed by atoms with Crippen LogP contribution in [0.1, 0.15) is 35.4 Å². The van der Waals surface area contributed by atoms with Gasteiger partial charge in [0.1, 0.15) is 6.54 Å². The summed E-state index contributed by atoms with van der Waals surface area (Å²) in [5, 5.41) is 1.28. The van der Waals surface area contributed by atoms with Gasteiger partial charge in [-0.05, 0) is 47.7 Å². The van der Waals surface area contributed by atoms with Gasteiger partial charge in [0.25, 0.3) is 5.91 Å². The molecule has 8 heteroatoms. The minimum Gasteiger partial charge on any atom is -0.318 e. The summed E-state index contributed by atoms with van der Waals surface area (Å²) in [7, 11) is 1.65. The number of anilines is 1. The van der Waals surface area contributed by atoms with Gasteiger partial charge >= 0.3 is 6.03 Å². The molecule has 2 aromatic carbocycles. The van der Waals surface area contributed by atoms with Gasteiger partial charge in [0.2, 0.25) is 0 Å². The van der Waals surface area contributed by atoms with E-state index in [1.54, 1.807) is 13.1 Å². The number of para-hydroxylation sites is 1. The number of amides is 3. The Morgan fingerprint density at radius 1 is 1.00 bits per heavy atom. The second kappa shape index (κ2) is 8.04. The van der Waals surface area contributed by atoms with Crippen LogP contribution in [-0.4, -0.2) is 47.9 Å². The Morgan fingerprint density at radius 3 is 2.40 bits per heavy atom. The molecule has 3 amide bonds. The van der Waals surface area contributed by atoms with Crippen LogP contribution in [-0.2, 0) is 11.3 Å². The molecule has 1 saturated heterocycles. The van der Waals surface area contributed by atoms with Gasteiger partial charge in [-0.2, -0.15) is 0 Å². The third kappa shape index (κ3) is 3.58. The van der Waals surface area contributed by atoms with Crippen molar-refractivity contribution in [2.45, 2.75) is 31.3 Å². The summed E-state index contributed by atoms with van der Waals surface area (Å²) >= 11 is 12.9. The molecule has 2 aliphatic heterocycles. The maximum Gasteiger partial charge on any atom is 0.331 e. The molecule has 2 heterocycles. The fraction of sp³-hybridized carbons (Fsp3) is 0.364. The Balaban J connectivity index is 0.00000218. The molecule has 5 nitrogen and oxygen atoms in total. The number of imide groups is 1. The Bertz CT molecular complexity index is 1020. The number of carbonyl (C=O) groups is 2. The number of urea groups is 1. The van der Waals surface area contributed by atoms with E-state index in [2.05, 4.69) is 4.90 Å². The number of hydrogen-bond acceptors (Lipinski definition) is 3. The van der Waals surface area contributed by atoms with E-state index >= 15 is 0 Å². The number of carbonyl (C=O) groups excluding carboxylic acids is 2. The van der Waals surface area contributed by atoms with Crippen LogP contribution in [0.15, 0.2) is 36.4 Å². The molecule has 0 radical (unpaired) electrons. The first-order valence-electron chi connectivity index (χ1n) is 9.83. The van der Waals surface area contributed by atoms with Gasteiger partial charge in [0, 0.05) is 42.1 Å². The van der Waals surface area contributed by atoms with E-state index in [0.29, 0.717) is 21.8 Å². The summed E-state index contributed by atoms with van der Waals surface area (Å²) in [6.07, 6.45) is 2.39. The number of halogens is 3. The van der Waals surface area contributed by atoms with Crippen LogP contribution in [0.25, 0.3) is 0 Å². The van der Waals surface area contributed by atoms with E-state index < -0.39 is 0 Å². The van der Waals surface area contributed by atoms with Gasteiger partial charge in [0.05, 0.1) is 5.69 Å². The summed E-state index contributed by atoms with van der Waals surface area (Å²) < 4.78 is 0. The molecule has 30 heavy (non-hydrogen) atoms. The molecule has 0 aromatic heterocycles. The smallest absolute Gasteiger partial charge is 0.318 e. The van der Waals surface area contributed by atoms with Crippen molar-refractivity contribution in [2.75, 3.05) is 25.0 Å². The third-order valence-electron chi connectivity index (χ3n) is 6.10. The van der Waals surface area contributed by atoms with Crippen molar-refractivity contribution in [3.8, 4) is 0 Å². The zero-order valence-electron chi connectivity index (χ0n) is 16.5. The first-order valence-corrected chi connectivity index (χ1v) is 10.6. The molecule has 2 aromatic rings. The van der Waals surface area contributed by atoms with Gasteiger partial charge in [-0.25, -0.2) is 9.69 Å². The second-order valence-corrected chi connectivity index (χ2v) is 8.94. The lowest BCUT2D eigenvalue weighted by Gasteiger charge is -2.37. The number of hydrogen-bond donors (Lipinski definition) is 0. The zero-order chi connectivity index (χ0) is 20.3. The molecule has 0 bridgehead atoms. The van der Waals surface area contributed by atoms with Crippen LogP contribution in [0.2, 0.25) is 10.0 Å². The molecule has 5 rings (SSSR count). The molecule has 1 saturated carbocycles. The number of rotatable bonds is 3. The van der Waals surface area contributed by atoms with Crippen molar-refractivity contribution in [3.05, 3.63) is 63.1 Å². The van der Waals surface area contributed by atoms with E-state index in [9.17, 15) is 9.59 Å². The summed E-state index contributed by atoms with van der Waals surface area (Å²) in [6.45, 7) is 1.72. The van der Waals surface area contributed by atoms with Crippen molar-refractivity contribution in [1.82, 2.24) is 9.80 Å². The molecule has 3 aliphatic rings. The number of benzene rings is 2. The maximum absolute atomic E-state index is 12.7. The Kier molecular flexibility index (Phi) is 5.75. The van der Waals surface area contributed by atoms with E-state index in [-0.39, 0.29) is 36.8 Å². The minimum atomic E-state index is -0.290. The van der Waals surface area contributed by atoms with E-state index in [1.807, 2.05) is 30.3 Å². The molecule has 1 aliphatic carbocycles. The van der Waals surface area contributed by atoms with Crippen LogP contribution in [0.3, 0.4) is 0 Å². The van der Waals surface area contributed by atoms with Gasteiger partial charge in [-0.3, -0.25) is 9.69 Å². The molecule has 1 unspecified atom stereocenters. The first kappa shape index (κ1) is 21.4. The minimum absolute atomic E-state index is 0. The van der Waals surface area contributed by atoms with E-state index in [0.717, 1.165) is 29.8 Å². The van der Waals surface area contributed by atoms with Crippen LogP contribution in [0, 0.1) is 0 Å². The first-order chi connectivity index (χ1) is 13.9. The molecule has 158 valence electrons. The maximum atomic E-state index is 12.7. The van der Waals surface area contributed by atoms with Crippen molar-refractivity contribution in [3.63, 3.8) is 0 Å². The summed E-state index contributed by atoms with van der Waals surface area (Å²) in [5.74, 6) is -0.220. The fourth-order valence-electron chi connectivity index (χ4n) is 4.53. The molecular formula is C22H22Cl3N3O2. The summed E-state index contributed by atoms with van der Waals surface area (Å²) in [6, 6.07) is 11.7. The zero-order valence-corrected chi connectivity index (χ0v) is 18.8. The second-order valence-electron chi connectivity index (χ2n) is 8.10. The van der Waals surface area contributed by atoms with Crippen LogP contribution in [0.4, 0.5) is 10.5 Å². The predicted molar refractivity (Wildman–Crippen MR) is 121 cm³/mol. The third-order valence-corrected chi connectivity index (χ3v) is 6.66. The largest absolute Gasteiger partial charge is 0.331 e. The predicted octanol–water partition coefficient (Wildman–Crippen LogP) is 4.92. The van der Waals surface area contributed by atoms with Crippen molar-refractivity contribution < 1.29 is 9.59 Å². The highest BCUT2D eigenvalue weighted by molar-refractivity contribution is 6.35. The standard InChI is InChI=1S/C22H21Cl2N3O2.ClH/c1-25-12-21(28)27(22(25)29)20-5-3-2-4-15(20)17-10-26(14-6-7-14)11-18-16(17)8-13(23)9-19(18)24;/h2-5,8-9,14,17H,6-7,10-12H2,1H3;1H. The average Bonchev–Trinajstić information content (AvgIpc) is 3.49. The van der Waals surface area contributed by atoms with Crippen LogP contribution in [0.5, 0.6) is 0 Å². The van der Waals surface area contributed by atoms with E-state index in [1.165, 1.54) is 22.6 Å². The monoisotopic (exact) mass is 465 g/mol. The van der Waals surface area contributed by atoms with Gasteiger partial charge in [-0.1, -0.05) is 41.4 Å². The summed E-state index contributed by atoms with van der Waals surface area (Å²) in [5.41, 5.74) is 3.77.